The molecule has 1 N–H and O–H groups in total. The quantitative estimate of drug-likeness (QED) is 0.389. The molecular weight excluding hydrogens is 508 g/mol. The number of carbonyl (C=O) groups is 1. The largest absolute Gasteiger partial charge is 0.416 e. The molecule has 4 rings (SSSR count). The summed E-state index contributed by atoms with van der Waals surface area (Å²) in [5.74, 6) is -1.03. The van der Waals surface area contributed by atoms with Crippen molar-refractivity contribution in [1.82, 2.24) is 0 Å². The van der Waals surface area contributed by atoms with E-state index in [-0.39, 0.29) is 28.7 Å². The molecule has 0 saturated carbocycles. The zero-order chi connectivity index (χ0) is 26.8. The zero-order valence-electron chi connectivity index (χ0n) is 20.1. The Morgan fingerprint density at radius 1 is 1.03 bits per heavy atom. The summed E-state index contributed by atoms with van der Waals surface area (Å²) in [7, 11) is -3.33. The summed E-state index contributed by atoms with van der Waals surface area (Å²) in [6, 6.07) is 15.7. The van der Waals surface area contributed by atoms with E-state index in [1.165, 1.54) is 36.4 Å². The second-order valence-corrected chi connectivity index (χ2v) is 11.3. The van der Waals surface area contributed by atoms with Gasteiger partial charge in [0.25, 0.3) is 0 Å². The molecule has 3 aromatic rings. The van der Waals surface area contributed by atoms with Gasteiger partial charge in [0, 0.05) is 24.7 Å². The molecule has 1 heterocycles. The smallest absolute Gasteiger partial charge is 0.371 e. The maximum Gasteiger partial charge on any atom is 0.416 e. The van der Waals surface area contributed by atoms with E-state index >= 15 is 0 Å². The molecule has 3 aromatic carbocycles. The van der Waals surface area contributed by atoms with Gasteiger partial charge < -0.3 is 10.2 Å². The first-order chi connectivity index (χ1) is 17.5. The molecule has 1 aliphatic rings. The lowest BCUT2D eigenvalue weighted by Gasteiger charge is -2.20. The molecule has 1 saturated heterocycles. The van der Waals surface area contributed by atoms with Gasteiger partial charge in [0.2, 0.25) is 5.91 Å². The summed E-state index contributed by atoms with van der Waals surface area (Å²) in [5, 5.41) is 2.54. The number of sulfone groups is 1. The van der Waals surface area contributed by atoms with Crippen LogP contribution in [0.1, 0.15) is 36.0 Å². The number of alkyl halides is 3. The lowest BCUT2D eigenvalue weighted by Crippen LogP contribution is -2.20. The van der Waals surface area contributed by atoms with Crippen LogP contribution in [-0.4, -0.2) is 33.2 Å². The molecule has 1 atom stereocenters. The Kier molecular flexibility index (Phi) is 7.59. The number of halogens is 4. The van der Waals surface area contributed by atoms with Crippen molar-refractivity contribution in [3.63, 3.8) is 0 Å². The maximum atomic E-state index is 14.8. The molecule has 1 amide bonds. The Bertz CT molecular complexity index is 1370. The summed E-state index contributed by atoms with van der Waals surface area (Å²) in [4.78, 5) is 14.6. The highest BCUT2D eigenvalue weighted by atomic mass is 32.2. The Morgan fingerprint density at radius 2 is 1.70 bits per heavy atom. The van der Waals surface area contributed by atoms with E-state index in [0.29, 0.717) is 24.3 Å². The molecule has 1 aliphatic heterocycles. The molecule has 196 valence electrons. The lowest BCUT2D eigenvalue weighted by molar-refractivity contribution is -0.137. The highest BCUT2D eigenvalue weighted by Gasteiger charge is 2.31. The first-order valence-electron chi connectivity index (χ1n) is 11.8. The molecule has 37 heavy (non-hydrogen) atoms. The maximum absolute atomic E-state index is 14.8. The number of benzene rings is 3. The Hall–Kier alpha value is -3.40. The number of hydrogen-bond donors (Lipinski definition) is 1. The van der Waals surface area contributed by atoms with Gasteiger partial charge >= 0.3 is 6.18 Å². The molecule has 0 aliphatic carbocycles. The fourth-order valence-corrected chi connectivity index (χ4v) is 5.26. The third-order valence-electron chi connectivity index (χ3n) is 6.52. The molecule has 1 unspecified atom stereocenters. The van der Waals surface area contributed by atoms with Crippen LogP contribution >= 0.6 is 0 Å². The molecule has 0 aromatic heterocycles. The summed E-state index contributed by atoms with van der Waals surface area (Å²) in [6.07, 6.45) is -3.70. The van der Waals surface area contributed by atoms with Crippen LogP contribution in [0, 0.1) is 5.82 Å². The van der Waals surface area contributed by atoms with Crippen LogP contribution in [0.25, 0.3) is 0 Å². The predicted molar refractivity (Wildman–Crippen MR) is 134 cm³/mol. The molecule has 0 radical (unpaired) electrons. The van der Waals surface area contributed by atoms with E-state index in [1.54, 1.807) is 25.1 Å². The average Bonchev–Trinajstić information content (AvgIpc) is 3.35. The molecular formula is C27H26F4N2O3S. The minimum atomic E-state index is -4.38. The van der Waals surface area contributed by atoms with Crippen molar-refractivity contribution in [2.24, 2.45) is 0 Å². The molecule has 10 heteroatoms. The first kappa shape index (κ1) is 26.7. The topological polar surface area (TPSA) is 66.5 Å². The average molecular weight is 535 g/mol. The normalized spacial score (nSPS) is 16.1. The van der Waals surface area contributed by atoms with Gasteiger partial charge in [-0.15, -0.1) is 0 Å². The highest BCUT2D eigenvalue weighted by Crippen LogP contribution is 2.34. The van der Waals surface area contributed by atoms with Crippen LogP contribution < -0.4 is 10.2 Å². The van der Waals surface area contributed by atoms with E-state index in [4.69, 9.17) is 0 Å². The fourth-order valence-electron chi connectivity index (χ4n) is 4.37. The first-order valence-corrected chi connectivity index (χ1v) is 13.4. The van der Waals surface area contributed by atoms with Crippen molar-refractivity contribution in [2.75, 3.05) is 29.1 Å². The van der Waals surface area contributed by atoms with Crippen molar-refractivity contribution in [1.29, 1.82) is 0 Å². The van der Waals surface area contributed by atoms with E-state index in [2.05, 4.69) is 5.32 Å². The van der Waals surface area contributed by atoms with E-state index < -0.39 is 33.3 Å². The standard InChI is InChI=1S/C27H26F4N2O3S/c1-2-37(35,36)23-10-3-18(4-11-23)15-26(34)32-25-12-9-22(16-24(25)28)33-14-13-20(17-33)19-5-7-21(8-6-19)27(29,30)31/h3-12,16,20H,2,13-15,17H2,1H3,(H,32,34). The van der Waals surface area contributed by atoms with E-state index in [0.717, 1.165) is 24.1 Å². The van der Waals surface area contributed by atoms with Crippen molar-refractivity contribution >= 4 is 27.1 Å². The number of nitrogens with one attached hydrogen (secondary N) is 1. The van der Waals surface area contributed by atoms with Gasteiger partial charge in [0.15, 0.2) is 9.84 Å². The molecule has 5 nitrogen and oxygen atoms in total. The monoisotopic (exact) mass is 534 g/mol. The Morgan fingerprint density at radius 3 is 2.30 bits per heavy atom. The third kappa shape index (κ3) is 6.30. The van der Waals surface area contributed by atoms with Crippen molar-refractivity contribution < 1.29 is 30.8 Å². The van der Waals surface area contributed by atoms with Gasteiger partial charge in [-0.05, 0) is 60.0 Å². The predicted octanol–water partition coefficient (Wildman–Crippen LogP) is 5.81. The third-order valence-corrected chi connectivity index (χ3v) is 8.27. The number of anilines is 2. The second kappa shape index (κ2) is 10.5. The van der Waals surface area contributed by atoms with E-state index in [9.17, 15) is 30.8 Å². The minimum Gasteiger partial charge on any atom is -0.371 e. The number of nitrogens with zero attached hydrogens (tertiary/aromatic N) is 1. The highest BCUT2D eigenvalue weighted by molar-refractivity contribution is 7.91. The summed E-state index contributed by atoms with van der Waals surface area (Å²) in [6.45, 7) is 2.72. The number of carbonyl (C=O) groups excluding carboxylic acids is 1. The fraction of sp³-hybridized carbons (Fsp3) is 0.296. The van der Waals surface area contributed by atoms with Gasteiger partial charge in [-0.1, -0.05) is 31.2 Å². The number of hydrogen-bond acceptors (Lipinski definition) is 4. The summed E-state index contributed by atoms with van der Waals surface area (Å²) in [5.41, 5.74) is 1.36. The van der Waals surface area contributed by atoms with Gasteiger partial charge in [-0.3, -0.25) is 4.79 Å². The molecule has 0 bridgehead atoms. The van der Waals surface area contributed by atoms with Gasteiger partial charge in [0.1, 0.15) is 5.82 Å². The van der Waals surface area contributed by atoms with Crippen molar-refractivity contribution in [3.05, 3.63) is 89.2 Å². The Balaban J connectivity index is 1.36. The van der Waals surface area contributed by atoms with Crippen LogP contribution in [-0.2, 0) is 27.2 Å². The van der Waals surface area contributed by atoms with Gasteiger partial charge in [-0.2, -0.15) is 13.2 Å². The summed E-state index contributed by atoms with van der Waals surface area (Å²) >= 11 is 0. The minimum absolute atomic E-state index is 0.0186. The summed E-state index contributed by atoms with van der Waals surface area (Å²) < 4.78 is 77.1. The van der Waals surface area contributed by atoms with Crippen LogP contribution in [0.3, 0.4) is 0 Å². The zero-order valence-corrected chi connectivity index (χ0v) is 20.9. The van der Waals surface area contributed by atoms with Crippen LogP contribution in [0.5, 0.6) is 0 Å². The number of rotatable bonds is 7. The molecule has 0 spiro atoms. The second-order valence-electron chi connectivity index (χ2n) is 8.99. The van der Waals surface area contributed by atoms with Crippen LogP contribution in [0.15, 0.2) is 71.6 Å². The van der Waals surface area contributed by atoms with E-state index in [1.807, 2.05) is 4.90 Å². The lowest BCUT2D eigenvalue weighted by atomic mass is 9.97. The van der Waals surface area contributed by atoms with Gasteiger partial charge in [-0.25, -0.2) is 12.8 Å². The van der Waals surface area contributed by atoms with Crippen molar-refractivity contribution in [3.8, 4) is 0 Å². The van der Waals surface area contributed by atoms with Crippen LogP contribution in [0.4, 0.5) is 28.9 Å². The molecule has 1 fully saturated rings. The Labute approximate surface area is 213 Å². The van der Waals surface area contributed by atoms with Crippen molar-refractivity contribution in [2.45, 2.75) is 36.8 Å². The SMILES string of the molecule is CCS(=O)(=O)c1ccc(CC(=O)Nc2ccc(N3CCC(c4ccc(C(F)(F)F)cc4)C3)cc2F)cc1. The number of amides is 1. The van der Waals surface area contributed by atoms with Gasteiger partial charge in [0.05, 0.1) is 28.3 Å². The van der Waals surface area contributed by atoms with Crippen LogP contribution in [0.2, 0.25) is 0 Å².